The molecule has 5 unspecified atom stereocenters. The first-order valence-corrected chi connectivity index (χ1v) is 16.1. The lowest BCUT2D eigenvalue weighted by Gasteiger charge is -2.68. The number of fused-ring (bicyclic) bond motifs is 7. The summed E-state index contributed by atoms with van der Waals surface area (Å²) < 4.78 is 0. The van der Waals surface area contributed by atoms with Gasteiger partial charge < -0.3 is 10.8 Å². The summed E-state index contributed by atoms with van der Waals surface area (Å²) in [5, 5.41) is 10.8. The van der Waals surface area contributed by atoms with Crippen molar-refractivity contribution < 1.29 is 9.90 Å². The molecular formula is C34H63NO2. The predicted octanol–water partition coefficient (Wildman–Crippen LogP) is 8.73. The lowest BCUT2D eigenvalue weighted by atomic mass is 9.37. The maximum atomic E-state index is 13.0. The first-order valence-electron chi connectivity index (χ1n) is 16.1. The summed E-state index contributed by atoms with van der Waals surface area (Å²) in [7, 11) is 0. The Morgan fingerprint density at radius 2 is 1.35 bits per heavy atom. The fraction of sp³-hybridized carbons (Fsp3) is 0.912. The maximum Gasteiger partial charge on any atom is 0.161 e. The number of ketones is 1. The van der Waals surface area contributed by atoms with Crippen molar-refractivity contribution in [3.05, 3.63) is 11.1 Å². The minimum absolute atomic E-state index is 0.00929. The number of aliphatic hydroxyl groups is 1. The Balaban J connectivity index is 0.000000750. The minimum Gasteiger partial charge on any atom is -0.393 e. The van der Waals surface area contributed by atoms with Crippen LogP contribution in [0.25, 0.3) is 0 Å². The van der Waals surface area contributed by atoms with E-state index in [1.165, 1.54) is 44.1 Å². The van der Waals surface area contributed by atoms with Crippen LogP contribution in [0.15, 0.2) is 11.1 Å². The third-order valence-electron chi connectivity index (χ3n) is 11.6. The van der Waals surface area contributed by atoms with Crippen molar-refractivity contribution in [3.63, 3.8) is 0 Å². The second kappa shape index (κ2) is 11.8. The Morgan fingerprint density at radius 1 is 0.784 bits per heavy atom. The highest BCUT2D eigenvalue weighted by Crippen LogP contribution is 2.71. The fourth-order valence-corrected chi connectivity index (χ4v) is 10.3. The van der Waals surface area contributed by atoms with Crippen molar-refractivity contribution >= 4 is 5.78 Å². The normalized spacial score (nSPS) is 43.4. The molecule has 0 aromatic carbocycles. The number of Topliss-reactive ketones (excluding diaryl/α,β-unsaturated/α-hetero) is 1. The molecule has 3 N–H and O–H groups in total. The van der Waals surface area contributed by atoms with Crippen molar-refractivity contribution in [2.75, 3.05) is 0 Å². The van der Waals surface area contributed by atoms with E-state index in [2.05, 4.69) is 41.5 Å². The highest BCUT2D eigenvalue weighted by Gasteiger charge is 2.65. The van der Waals surface area contributed by atoms with Gasteiger partial charge in [-0.25, -0.2) is 0 Å². The summed E-state index contributed by atoms with van der Waals surface area (Å²) in [6, 6.07) is 0. The van der Waals surface area contributed by atoms with Crippen molar-refractivity contribution in [1.29, 1.82) is 0 Å². The zero-order valence-corrected chi connectivity index (χ0v) is 26.8. The molecule has 0 bridgehead atoms. The van der Waals surface area contributed by atoms with Crippen molar-refractivity contribution in [3.8, 4) is 0 Å². The fourth-order valence-electron chi connectivity index (χ4n) is 10.3. The highest BCUT2D eigenvalue weighted by atomic mass is 16.3. The average Bonchev–Trinajstić information content (AvgIpc) is 3.15. The molecule has 0 aromatic rings. The molecule has 0 radical (unpaired) electrons. The van der Waals surface area contributed by atoms with Gasteiger partial charge in [-0.15, -0.1) is 0 Å². The molecular weight excluding hydrogens is 454 g/mol. The van der Waals surface area contributed by atoms with Gasteiger partial charge in [-0.2, -0.15) is 0 Å². The van der Waals surface area contributed by atoms with Crippen molar-refractivity contribution in [1.82, 2.24) is 0 Å². The standard InChI is InChI=1S/C28H45NO2.3C2H6/c1-16(2)23-19(30)15-28(29)14-9-18-17(24(23)28)7-8-21-26(18,5)12-10-20-25(3,4)22(31)11-13-27(20,21)6;3*1-2/h16-18,20-22,31H,7-15,29H2,1-6H3;3*1-2H3/t17?,18?,20?,21?,22-,26-,27-,28?;;;/m0.../s1. The Morgan fingerprint density at radius 3 is 1.92 bits per heavy atom. The van der Waals surface area contributed by atoms with Crippen LogP contribution in [0.4, 0.5) is 0 Å². The van der Waals surface area contributed by atoms with E-state index in [1.54, 1.807) is 0 Å². The van der Waals surface area contributed by atoms with Crippen molar-refractivity contribution in [2.24, 2.45) is 51.6 Å². The first kappa shape index (κ1) is 32.5. The molecule has 5 aliphatic carbocycles. The van der Waals surface area contributed by atoms with Gasteiger partial charge in [-0.1, -0.05) is 83.1 Å². The molecule has 3 heteroatoms. The molecule has 0 heterocycles. The Labute approximate surface area is 230 Å². The number of aliphatic hydroxyl groups excluding tert-OH is 1. The van der Waals surface area contributed by atoms with E-state index in [4.69, 9.17) is 5.73 Å². The molecule has 0 aromatic heterocycles. The monoisotopic (exact) mass is 517 g/mol. The van der Waals surface area contributed by atoms with Crippen LogP contribution in [-0.4, -0.2) is 22.5 Å². The largest absolute Gasteiger partial charge is 0.393 e. The van der Waals surface area contributed by atoms with Gasteiger partial charge in [0, 0.05) is 12.0 Å². The van der Waals surface area contributed by atoms with Crippen LogP contribution in [0.2, 0.25) is 0 Å². The number of carbonyl (C=O) groups excluding carboxylic acids is 1. The lowest BCUT2D eigenvalue weighted by Crippen LogP contribution is -2.63. The van der Waals surface area contributed by atoms with E-state index in [1.807, 2.05) is 41.5 Å². The molecule has 4 fully saturated rings. The molecule has 3 nitrogen and oxygen atoms in total. The van der Waals surface area contributed by atoms with E-state index in [-0.39, 0.29) is 23.0 Å². The Hall–Kier alpha value is -0.670. The van der Waals surface area contributed by atoms with Crippen LogP contribution in [-0.2, 0) is 4.79 Å². The average molecular weight is 518 g/mol. The summed E-state index contributed by atoms with van der Waals surface area (Å²) in [6.45, 7) is 26.2. The van der Waals surface area contributed by atoms with E-state index >= 15 is 0 Å². The highest BCUT2D eigenvalue weighted by molar-refractivity contribution is 6.01. The second-order valence-corrected chi connectivity index (χ2v) is 13.6. The number of hydrogen-bond donors (Lipinski definition) is 2. The zero-order chi connectivity index (χ0) is 28.6. The van der Waals surface area contributed by atoms with Gasteiger partial charge in [-0.3, -0.25) is 4.79 Å². The number of nitrogens with two attached hydrogens (primary N) is 1. The Kier molecular flexibility index (Phi) is 10.4. The molecule has 5 aliphatic rings. The molecule has 5 rings (SSSR count). The van der Waals surface area contributed by atoms with E-state index in [0.717, 1.165) is 24.3 Å². The van der Waals surface area contributed by atoms with Gasteiger partial charge in [0.15, 0.2) is 5.78 Å². The van der Waals surface area contributed by atoms with Gasteiger partial charge in [0.1, 0.15) is 0 Å². The maximum absolute atomic E-state index is 13.0. The zero-order valence-electron chi connectivity index (χ0n) is 26.8. The van der Waals surface area contributed by atoms with Gasteiger partial charge in [0.2, 0.25) is 0 Å². The quantitative estimate of drug-likeness (QED) is 0.365. The molecule has 0 saturated heterocycles. The molecule has 8 atom stereocenters. The third-order valence-corrected chi connectivity index (χ3v) is 11.6. The number of hydrogen-bond acceptors (Lipinski definition) is 3. The van der Waals surface area contributed by atoms with Gasteiger partial charge in [0.05, 0.1) is 6.10 Å². The van der Waals surface area contributed by atoms with Gasteiger partial charge in [0.25, 0.3) is 0 Å². The summed E-state index contributed by atoms with van der Waals surface area (Å²) in [5.41, 5.74) is 9.75. The number of carbonyl (C=O) groups is 1. The van der Waals surface area contributed by atoms with Crippen LogP contribution >= 0.6 is 0 Å². The molecule has 0 aliphatic heterocycles. The van der Waals surface area contributed by atoms with Crippen LogP contribution < -0.4 is 5.73 Å². The van der Waals surface area contributed by atoms with Crippen LogP contribution in [0.5, 0.6) is 0 Å². The van der Waals surface area contributed by atoms with Crippen LogP contribution in [0, 0.1) is 45.8 Å². The predicted molar refractivity (Wildman–Crippen MR) is 159 cm³/mol. The summed E-state index contributed by atoms with van der Waals surface area (Å²) in [5.74, 6) is 3.10. The van der Waals surface area contributed by atoms with Gasteiger partial charge in [-0.05, 0) is 108 Å². The number of allylic oxidation sites excluding steroid dienone is 1. The molecule has 0 amide bonds. The van der Waals surface area contributed by atoms with E-state index < -0.39 is 0 Å². The SMILES string of the molecule is CC.CC.CC.CC(C)C1=C2C3CCC4[C@@](C)(CCC5C(C)(C)[C@@H](O)CC[C@@]54C)C3CCC2(N)CC1=O. The number of rotatable bonds is 1. The van der Waals surface area contributed by atoms with E-state index in [0.29, 0.717) is 40.8 Å². The minimum atomic E-state index is -0.362. The Bertz CT molecular complexity index is 828. The molecule has 0 spiro atoms. The molecule has 4 saturated carbocycles. The smallest absolute Gasteiger partial charge is 0.161 e. The van der Waals surface area contributed by atoms with Crippen molar-refractivity contribution in [2.45, 2.75) is 153 Å². The topological polar surface area (TPSA) is 63.3 Å². The summed E-state index contributed by atoms with van der Waals surface area (Å²) in [6.07, 6.45) is 9.63. The molecule has 216 valence electrons. The van der Waals surface area contributed by atoms with Crippen LogP contribution in [0.1, 0.15) is 141 Å². The lowest BCUT2D eigenvalue weighted by molar-refractivity contribution is -0.201. The van der Waals surface area contributed by atoms with Gasteiger partial charge >= 0.3 is 0 Å². The second-order valence-electron chi connectivity index (χ2n) is 13.6. The van der Waals surface area contributed by atoms with Crippen LogP contribution in [0.3, 0.4) is 0 Å². The summed E-state index contributed by atoms with van der Waals surface area (Å²) >= 11 is 0. The van der Waals surface area contributed by atoms with E-state index in [9.17, 15) is 9.90 Å². The summed E-state index contributed by atoms with van der Waals surface area (Å²) in [4.78, 5) is 13.0. The molecule has 37 heavy (non-hydrogen) atoms. The first-order chi connectivity index (χ1) is 17.4. The third kappa shape index (κ3) is 4.92.